The van der Waals surface area contributed by atoms with Crippen molar-refractivity contribution < 1.29 is 0 Å². The van der Waals surface area contributed by atoms with Crippen molar-refractivity contribution >= 4 is 37.5 Å². The van der Waals surface area contributed by atoms with Crippen molar-refractivity contribution in [2.24, 2.45) is 0 Å². The number of hydrogen-bond donors (Lipinski definition) is 1. The van der Waals surface area contributed by atoms with Gasteiger partial charge in [-0.1, -0.05) is 22.0 Å². The third-order valence-corrected chi connectivity index (χ3v) is 4.90. The molecule has 0 aliphatic heterocycles. The van der Waals surface area contributed by atoms with E-state index in [9.17, 15) is 4.79 Å². The summed E-state index contributed by atoms with van der Waals surface area (Å²) in [6, 6.07) is 5.59. The predicted molar refractivity (Wildman–Crippen MR) is 83.3 cm³/mol. The molecule has 2 rings (SSSR count). The molecule has 100 valence electrons. The Bertz CT molecular complexity index is 675. The van der Waals surface area contributed by atoms with Crippen LogP contribution in [0.5, 0.6) is 0 Å². The van der Waals surface area contributed by atoms with Gasteiger partial charge in [0.2, 0.25) is 0 Å². The Morgan fingerprint density at radius 3 is 2.63 bits per heavy atom. The minimum absolute atomic E-state index is 0.270. The van der Waals surface area contributed by atoms with E-state index in [0.717, 1.165) is 20.2 Å². The van der Waals surface area contributed by atoms with Crippen LogP contribution >= 0.6 is 31.9 Å². The molecule has 4 nitrogen and oxygen atoms in total. The van der Waals surface area contributed by atoms with Crippen molar-refractivity contribution in [1.29, 1.82) is 0 Å². The van der Waals surface area contributed by atoms with E-state index in [2.05, 4.69) is 36.8 Å². The molecule has 0 saturated carbocycles. The quantitative estimate of drug-likeness (QED) is 0.807. The standard InChI is InChI=1S/C13H13Br2N3O/c1-7-12(15)8(2)18(13(19)17-7)6-9-10(14)4-3-5-11(9)16/h3-5H,6,16H2,1-2H3. The van der Waals surface area contributed by atoms with Gasteiger partial charge < -0.3 is 5.73 Å². The zero-order valence-electron chi connectivity index (χ0n) is 10.6. The molecule has 0 saturated heterocycles. The maximum absolute atomic E-state index is 12.0. The molecule has 0 atom stereocenters. The van der Waals surface area contributed by atoms with E-state index in [-0.39, 0.29) is 5.69 Å². The summed E-state index contributed by atoms with van der Waals surface area (Å²) in [5.41, 5.74) is 8.75. The molecule has 0 bridgehead atoms. The number of anilines is 1. The summed E-state index contributed by atoms with van der Waals surface area (Å²) in [7, 11) is 0. The van der Waals surface area contributed by atoms with Gasteiger partial charge in [0.05, 0.1) is 16.7 Å². The lowest BCUT2D eigenvalue weighted by molar-refractivity contribution is 0.688. The smallest absolute Gasteiger partial charge is 0.348 e. The zero-order chi connectivity index (χ0) is 14.2. The minimum atomic E-state index is -0.270. The van der Waals surface area contributed by atoms with E-state index in [1.54, 1.807) is 11.5 Å². The monoisotopic (exact) mass is 385 g/mol. The largest absolute Gasteiger partial charge is 0.398 e. The summed E-state index contributed by atoms with van der Waals surface area (Å²) in [6.07, 6.45) is 0. The lowest BCUT2D eigenvalue weighted by atomic mass is 10.2. The van der Waals surface area contributed by atoms with Gasteiger partial charge in [0, 0.05) is 21.4 Å². The second kappa shape index (κ2) is 5.46. The Hall–Kier alpha value is -1.14. The van der Waals surface area contributed by atoms with Gasteiger partial charge in [-0.25, -0.2) is 4.79 Å². The van der Waals surface area contributed by atoms with E-state index in [4.69, 9.17) is 5.73 Å². The van der Waals surface area contributed by atoms with Gasteiger partial charge in [-0.05, 0) is 41.9 Å². The van der Waals surface area contributed by atoms with Gasteiger partial charge in [-0.2, -0.15) is 4.98 Å². The topological polar surface area (TPSA) is 60.9 Å². The average Bonchev–Trinajstić information content (AvgIpc) is 2.35. The first kappa shape index (κ1) is 14.3. The van der Waals surface area contributed by atoms with Crippen LogP contribution in [-0.2, 0) is 6.54 Å². The minimum Gasteiger partial charge on any atom is -0.398 e. The molecule has 0 fully saturated rings. The molecule has 0 radical (unpaired) electrons. The van der Waals surface area contributed by atoms with E-state index in [0.29, 0.717) is 17.9 Å². The number of hydrogen-bond acceptors (Lipinski definition) is 3. The first-order chi connectivity index (χ1) is 8.91. The van der Waals surface area contributed by atoms with Gasteiger partial charge in [-0.3, -0.25) is 4.57 Å². The number of benzene rings is 1. The molecular weight excluding hydrogens is 374 g/mol. The number of halogens is 2. The summed E-state index contributed by atoms with van der Waals surface area (Å²) in [6.45, 7) is 4.08. The molecular formula is C13H13Br2N3O. The second-order valence-corrected chi connectivity index (χ2v) is 5.92. The Labute approximate surface area is 127 Å². The Balaban J connectivity index is 2.57. The van der Waals surface area contributed by atoms with Crippen molar-refractivity contribution in [3.05, 3.63) is 54.6 Å². The van der Waals surface area contributed by atoms with E-state index in [1.807, 2.05) is 25.1 Å². The highest BCUT2D eigenvalue weighted by Gasteiger charge is 2.12. The highest BCUT2D eigenvalue weighted by molar-refractivity contribution is 9.10. The molecule has 0 spiro atoms. The van der Waals surface area contributed by atoms with Gasteiger partial charge >= 0.3 is 5.69 Å². The lowest BCUT2D eigenvalue weighted by Gasteiger charge is -2.14. The third-order valence-electron chi connectivity index (χ3n) is 3.01. The van der Waals surface area contributed by atoms with Crippen LogP contribution in [0, 0.1) is 13.8 Å². The highest BCUT2D eigenvalue weighted by Crippen LogP contribution is 2.24. The molecule has 2 N–H and O–H groups in total. The highest BCUT2D eigenvalue weighted by atomic mass is 79.9. The molecule has 0 unspecified atom stereocenters. The number of nitrogens with two attached hydrogens (primary N) is 1. The van der Waals surface area contributed by atoms with Crippen molar-refractivity contribution in [2.45, 2.75) is 20.4 Å². The molecule has 0 amide bonds. The molecule has 1 heterocycles. The molecule has 1 aromatic heterocycles. The van der Waals surface area contributed by atoms with Gasteiger partial charge in [0.1, 0.15) is 0 Å². The van der Waals surface area contributed by atoms with E-state index >= 15 is 0 Å². The predicted octanol–water partition coefficient (Wildman–Crippen LogP) is 3.02. The number of nitrogens with zero attached hydrogens (tertiary/aromatic N) is 2. The maximum Gasteiger partial charge on any atom is 0.348 e. The van der Waals surface area contributed by atoms with Crippen molar-refractivity contribution in [3.8, 4) is 0 Å². The normalized spacial score (nSPS) is 10.7. The van der Waals surface area contributed by atoms with E-state index in [1.165, 1.54) is 0 Å². The van der Waals surface area contributed by atoms with Crippen LogP contribution in [0.3, 0.4) is 0 Å². The van der Waals surface area contributed by atoms with E-state index < -0.39 is 0 Å². The lowest BCUT2D eigenvalue weighted by Crippen LogP contribution is -2.27. The van der Waals surface area contributed by atoms with Crippen LogP contribution in [0.4, 0.5) is 5.69 Å². The van der Waals surface area contributed by atoms with Crippen molar-refractivity contribution in [1.82, 2.24) is 9.55 Å². The summed E-state index contributed by atoms with van der Waals surface area (Å²) in [5.74, 6) is 0. The Morgan fingerprint density at radius 2 is 2.00 bits per heavy atom. The number of rotatable bonds is 2. The SMILES string of the molecule is Cc1nc(=O)n(Cc2c(N)cccc2Br)c(C)c1Br. The average molecular weight is 387 g/mol. The first-order valence-corrected chi connectivity index (χ1v) is 7.26. The van der Waals surface area contributed by atoms with Gasteiger partial charge in [0.15, 0.2) is 0 Å². The molecule has 2 aromatic rings. The third kappa shape index (κ3) is 2.74. The van der Waals surface area contributed by atoms with Crippen LogP contribution in [-0.4, -0.2) is 9.55 Å². The van der Waals surface area contributed by atoms with Crippen molar-refractivity contribution in [2.75, 3.05) is 5.73 Å². The van der Waals surface area contributed by atoms with Crippen LogP contribution in [0.25, 0.3) is 0 Å². The van der Waals surface area contributed by atoms with Crippen molar-refractivity contribution in [3.63, 3.8) is 0 Å². The fraction of sp³-hybridized carbons (Fsp3) is 0.231. The summed E-state index contributed by atoms with van der Waals surface area (Å²) < 4.78 is 3.33. The summed E-state index contributed by atoms with van der Waals surface area (Å²) in [5, 5.41) is 0. The first-order valence-electron chi connectivity index (χ1n) is 5.68. The second-order valence-electron chi connectivity index (χ2n) is 4.27. The van der Waals surface area contributed by atoms with Crippen LogP contribution in [0.2, 0.25) is 0 Å². The Morgan fingerprint density at radius 1 is 1.32 bits per heavy atom. The number of aromatic nitrogens is 2. The number of aryl methyl sites for hydroxylation is 1. The fourth-order valence-corrected chi connectivity index (χ4v) is 2.67. The summed E-state index contributed by atoms with van der Waals surface area (Å²) >= 11 is 6.91. The fourth-order valence-electron chi connectivity index (χ4n) is 1.86. The molecule has 0 aliphatic carbocycles. The van der Waals surface area contributed by atoms with Crippen LogP contribution in [0.1, 0.15) is 17.0 Å². The molecule has 19 heavy (non-hydrogen) atoms. The maximum atomic E-state index is 12.0. The van der Waals surface area contributed by atoms with Crippen LogP contribution < -0.4 is 11.4 Å². The van der Waals surface area contributed by atoms with Crippen LogP contribution in [0.15, 0.2) is 31.9 Å². The molecule has 1 aromatic carbocycles. The molecule has 6 heteroatoms. The molecule has 0 aliphatic rings. The zero-order valence-corrected chi connectivity index (χ0v) is 13.7. The van der Waals surface area contributed by atoms with Gasteiger partial charge in [0.25, 0.3) is 0 Å². The summed E-state index contributed by atoms with van der Waals surface area (Å²) in [4.78, 5) is 16.0. The Kier molecular flexibility index (Phi) is 4.10. The van der Waals surface area contributed by atoms with Gasteiger partial charge in [-0.15, -0.1) is 0 Å². The number of nitrogen functional groups attached to an aromatic ring is 1.